The van der Waals surface area contributed by atoms with Crippen molar-refractivity contribution in [1.82, 2.24) is 10.2 Å². The molecular formula is C27H27Cl2N3O3. The van der Waals surface area contributed by atoms with E-state index in [2.05, 4.69) is 5.32 Å². The van der Waals surface area contributed by atoms with Crippen LogP contribution in [0, 0.1) is 0 Å². The molecular weight excluding hydrogens is 485 g/mol. The van der Waals surface area contributed by atoms with E-state index in [4.69, 9.17) is 23.2 Å². The molecule has 3 aromatic rings. The largest absolute Gasteiger partial charge is 0.354 e. The number of amides is 3. The SMILES string of the molecule is CCCNC(=O)[C@H](CC)N(Cc1ccc(Cl)cc1Cl)C(=O)CN1C(=O)c2cccc3cccc1c23. The molecule has 1 atom stereocenters. The van der Waals surface area contributed by atoms with Gasteiger partial charge in [-0.2, -0.15) is 0 Å². The summed E-state index contributed by atoms with van der Waals surface area (Å²) in [7, 11) is 0. The maximum Gasteiger partial charge on any atom is 0.259 e. The number of nitrogens with zero attached hydrogens (tertiary/aromatic N) is 2. The number of hydrogen-bond donors (Lipinski definition) is 1. The third-order valence-electron chi connectivity index (χ3n) is 6.23. The van der Waals surface area contributed by atoms with E-state index in [1.165, 1.54) is 9.80 Å². The molecule has 182 valence electrons. The van der Waals surface area contributed by atoms with Gasteiger partial charge in [0, 0.05) is 34.1 Å². The number of benzene rings is 3. The highest BCUT2D eigenvalue weighted by Crippen LogP contribution is 2.37. The molecule has 1 aliphatic heterocycles. The average Bonchev–Trinajstić information content (AvgIpc) is 3.11. The first kappa shape index (κ1) is 25.0. The molecule has 0 spiro atoms. The van der Waals surface area contributed by atoms with Crippen LogP contribution < -0.4 is 10.2 Å². The first-order valence-electron chi connectivity index (χ1n) is 11.7. The van der Waals surface area contributed by atoms with E-state index in [1.807, 2.05) is 44.2 Å². The summed E-state index contributed by atoms with van der Waals surface area (Å²) in [4.78, 5) is 43.0. The molecule has 4 rings (SSSR count). The predicted molar refractivity (Wildman–Crippen MR) is 140 cm³/mol. The van der Waals surface area contributed by atoms with Gasteiger partial charge >= 0.3 is 0 Å². The van der Waals surface area contributed by atoms with Gasteiger partial charge in [0.15, 0.2) is 0 Å². The van der Waals surface area contributed by atoms with Crippen molar-refractivity contribution in [2.45, 2.75) is 39.3 Å². The van der Waals surface area contributed by atoms with Crippen LogP contribution >= 0.6 is 23.2 Å². The van der Waals surface area contributed by atoms with Gasteiger partial charge in [-0.3, -0.25) is 19.3 Å². The highest BCUT2D eigenvalue weighted by Gasteiger charge is 2.35. The Balaban J connectivity index is 1.66. The second-order valence-electron chi connectivity index (χ2n) is 8.54. The highest BCUT2D eigenvalue weighted by molar-refractivity contribution is 6.35. The number of carbonyl (C=O) groups is 3. The van der Waals surface area contributed by atoms with Crippen molar-refractivity contribution in [1.29, 1.82) is 0 Å². The molecule has 0 saturated heterocycles. The second kappa shape index (κ2) is 10.7. The summed E-state index contributed by atoms with van der Waals surface area (Å²) in [6.45, 7) is 4.27. The molecule has 8 heteroatoms. The van der Waals surface area contributed by atoms with E-state index in [0.717, 1.165) is 17.2 Å². The third kappa shape index (κ3) is 5.00. The van der Waals surface area contributed by atoms with E-state index < -0.39 is 6.04 Å². The Morgan fingerprint density at radius 3 is 2.49 bits per heavy atom. The number of rotatable bonds is 9. The second-order valence-corrected chi connectivity index (χ2v) is 9.39. The van der Waals surface area contributed by atoms with E-state index in [1.54, 1.807) is 24.3 Å². The summed E-state index contributed by atoms with van der Waals surface area (Å²) in [6.07, 6.45) is 1.19. The van der Waals surface area contributed by atoms with Crippen LogP contribution in [0.2, 0.25) is 10.0 Å². The van der Waals surface area contributed by atoms with Crippen LogP contribution in [0.5, 0.6) is 0 Å². The summed E-state index contributed by atoms with van der Waals surface area (Å²) in [5, 5.41) is 5.57. The third-order valence-corrected chi connectivity index (χ3v) is 6.82. The topological polar surface area (TPSA) is 69.7 Å². The lowest BCUT2D eigenvalue weighted by atomic mass is 10.1. The minimum absolute atomic E-state index is 0.117. The van der Waals surface area contributed by atoms with Gasteiger partial charge in [-0.25, -0.2) is 0 Å². The van der Waals surface area contributed by atoms with Crippen molar-refractivity contribution >= 4 is 57.4 Å². The maximum absolute atomic E-state index is 13.8. The Labute approximate surface area is 214 Å². The molecule has 0 saturated carbocycles. The molecule has 0 aliphatic carbocycles. The normalized spacial score (nSPS) is 13.3. The lowest BCUT2D eigenvalue weighted by molar-refractivity contribution is -0.140. The van der Waals surface area contributed by atoms with Crippen molar-refractivity contribution in [2.24, 2.45) is 0 Å². The molecule has 0 unspecified atom stereocenters. The zero-order chi connectivity index (χ0) is 25.1. The zero-order valence-corrected chi connectivity index (χ0v) is 21.2. The Hall–Kier alpha value is -3.09. The summed E-state index contributed by atoms with van der Waals surface area (Å²) < 4.78 is 0. The van der Waals surface area contributed by atoms with Crippen molar-refractivity contribution in [2.75, 3.05) is 18.0 Å². The Kier molecular flexibility index (Phi) is 7.63. The number of anilines is 1. The molecule has 3 amide bonds. The standard InChI is InChI=1S/C27H27Cl2N3O3/c1-3-13-30-26(34)22(4-2)31(15-18-11-12-19(28)14-21(18)29)24(33)16-32-23-10-6-8-17-7-5-9-20(25(17)23)27(32)35/h5-12,14,22H,3-4,13,15-16H2,1-2H3,(H,30,34)/t22-/m0/s1. The lowest BCUT2D eigenvalue weighted by Gasteiger charge is -2.32. The molecule has 0 bridgehead atoms. The van der Waals surface area contributed by atoms with Gasteiger partial charge in [0.2, 0.25) is 11.8 Å². The molecule has 1 heterocycles. The van der Waals surface area contributed by atoms with Gasteiger partial charge in [-0.05, 0) is 48.1 Å². The number of hydrogen-bond acceptors (Lipinski definition) is 3. The summed E-state index contributed by atoms with van der Waals surface area (Å²) in [5.41, 5.74) is 1.94. The molecule has 35 heavy (non-hydrogen) atoms. The monoisotopic (exact) mass is 511 g/mol. The van der Waals surface area contributed by atoms with Crippen LogP contribution in [0.4, 0.5) is 5.69 Å². The fourth-order valence-corrected chi connectivity index (χ4v) is 4.95. The molecule has 3 aromatic carbocycles. The molecule has 0 radical (unpaired) electrons. The fraction of sp³-hybridized carbons (Fsp3) is 0.296. The fourth-order valence-electron chi connectivity index (χ4n) is 4.48. The minimum Gasteiger partial charge on any atom is -0.354 e. The number of halogens is 2. The average molecular weight is 512 g/mol. The first-order chi connectivity index (χ1) is 16.8. The highest BCUT2D eigenvalue weighted by atomic mass is 35.5. The smallest absolute Gasteiger partial charge is 0.259 e. The van der Waals surface area contributed by atoms with Crippen LogP contribution in [-0.4, -0.2) is 41.8 Å². The molecule has 6 nitrogen and oxygen atoms in total. The molecule has 1 N–H and O–H groups in total. The van der Waals surface area contributed by atoms with Crippen LogP contribution in [-0.2, 0) is 16.1 Å². The van der Waals surface area contributed by atoms with Crippen LogP contribution in [0.1, 0.15) is 42.6 Å². The summed E-state index contributed by atoms with van der Waals surface area (Å²) >= 11 is 12.5. The zero-order valence-electron chi connectivity index (χ0n) is 19.7. The van der Waals surface area contributed by atoms with Gasteiger partial charge in [0.25, 0.3) is 5.91 Å². The minimum atomic E-state index is -0.711. The van der Waals surface area contributed by atoms with Gasteiger partial charge < -0.3 is 10.2 Å². The Bertz CT molecular complexity index is 1290. The molecule has 0 fully saturated rings. The van der Waals surface area contributed by atoms with E-state index in [-0.39, 0.29) is 30.8 Å². The quantitative estimate of drug-likeness (QED) is 0.415. The number of carbonyl (C=O) groups excluding carboxylic acids is 3. The van der Waals surface area contributed by atoms with Crippen molar-refractivity contribution in [3.8, 4) is 0 Å². The first-order valence-corrected chi connectivity index (χ1v) is 12.5. The summed E-state index contributed by atoms with van der Waals surface area (Å²) in [6, 6.07) is 15.6. The predicted octanol–water partition coefficient (Wildman–Crippen LogP) is 5.44. The van der Waals surface area contributed by atoms with E-state index in [9.17, 15) is 14.4 Å². The van der Waals surface area contributed by atoms with Gasteiger partial charge in [-0.1, -0.05) is 67.4 Å². The van der Waals surface area contributed by atoms with Gasteiger partial charge in [-0.15, -0.1) is 0 Å². The van der Waals surface area contributed by atoms with Gasteiger partial charge in [0.05, 0.1) is 5.69 Å². The van der Waals surface area contributed by atoms with Gasteiger partial charge in [0.1, 0.15) is 12.6 Å². The summed E-state index contributed by atoms with van der Waals surface area (Å²) in [5.74, 6) is -0.795. The Morgan fingerprint density at radius 2 is 1.80 bits per heavy atom. The van der Waals surface area contributed by atoms with Crippen molar-refractivity contribution in [3.63, 3.8) is 0 Å². The maximum atomic E-state index is 13.8. The van der Waals surface area contributed by atoms with Crippen molar-refractivity contribution in [3.05, 3.63) is 75.8 Å². The van der Waals surface area contributed by atoms with Crippen LogP contribution in [0.15, 0.2) is 54.6 Å². The van der Waals surface area contributed by atoms with Crippen LogP contribution in [0.3, 0.4) is 0 Å². The van der Waals surface area contributed by atoms with E-state index in [0.29, 0.717) is 39.8 Å². The number of nitrogens with one attached hydrogen (secondary N) is 1. The van der Waals surface area contributed by atoms with Crippen molar-refractivity contribution < 1.29 is 14.4 Å². The van der Waals surface area contributed by atoms with E-state index >= 15 is 0 Å². The van der Waals surface area contributed by atoms with Crippen LogP contribution in [0.25, 0.3) is 10.8 Å². The lowest BCUT2D eigenvalue weighted by Crippen LogP contribution is -2.52. The molecule has 1 aliphatic rings. The Morgan fingerprint density at radius 1 is 1.06 bits per heavy atom. The molecule has 0 aromatic heterocycles.